The van der Waals surface area contributed by atoms with Crippen molar-refractivity contribution < 1.29 is 0 Å². The highest BCUT2D eigenvalue weighted by atomic mass is 15.0. The van der Waals surface area contributed by atoms with Gasteiger partial charge in [-0.25, -0.2) is 0 Å². The van der Waals surface area contributed by atoms with E-state index in [4.69, 9.17) is 0 Å². The molecule has 0 unspecified atom stereocenters. The fourth-order valence-electron chi connectivity index (χ4n) is 6.66. The first-order valence-electron chi connectivity index (χ1n) is 13.0. The van der Waals surface area contributed by atoms with E-state index in [1.54, 1.807) is 0 Å². The molecular formula is C35H26N2. The molecular weight excluding hydrogens is 448 g/mol. The molecule has 0 saturated heterocycles. The zero-order chi connectivity index (χ0) is 24.7. The Bertz CT molecular complexity index is 1990. The molecule has 0 bridgehead atoms. The maximum Gasteiger partial charge on any atom is 0.0638 e. The fourth-order valence-corrected chi connectivity index (χ4v) is 6.66. The monoisotopic (exact) mass is 474 g/mol. The van der Waals surface area contributed by atoms with Crippen molar-refractivity contribution in [1.29, 1.82) is 0 Å². The Hall–Kier alpha value is -4.56. The molecule has 2 nitrogen and oxygen atoms in total. The zero-order valence-corrected chi connectivity index (χ0v) is 20.9. The van der Waals surface area contributed by atoms with Gasteiger partial charge in [-0.1, -0.05) is 98.8 Å². The van der Waals surface area contributed by atoms with Crippen LogP contribution in [0.4, 0.5) is 0 Å². The third kappa shape index (κ3) is 2.70. The van der Waals surface area contributed by atoms with Gasteiger partial charge >= 0.3 is 0 Å². The Morgan fingerprint density at radius 1 is 0.622 bits per heavy atom. The van der Waals surface area contributed by atoms with Gasteiger partial charge in [-0.15, -0.1) is 0 Å². The van der Waals surface area contributed by atoms with Crippen LogP contribution in [0, 0.1) is 0 Å². The van der Waals surface area contributed by atoms with E-state index in [2.05, 4.69) is 139 Å². The summed E-state index contributed by atoms with van der Waals surface area (Å²) in [5, 5.41) is 3.89. The summed E-state index contributed by atoms with van der Waals surface area (Å²) in [6.07, 6.45) is 0. The molecule has 0 spiro atoms. The number of hydrogen-bond donors (Lipinski definition) is 1. The second-order valence-corrected chi connectivity index (χ2v) is 10.7. The highest BCUT2D eigenvalue weighted by Gasteiger charge is 2.40. The van der Waals surface area contributed by atoms with Crippen LogP contribution >= 0.6 is 0 Å². The van der Waals surface area contributed by atoms with E-state index < -0.39 is 0 Å². The Kier molecular flexibility index (Phi) is 4.03. The van der Waals surface area contributed by atoms with Gasteiger partial charge in [0, 0.05) is 43.9 Å². The number of aromatic nitrogens is 2. The molecule has 0 saturated carbocycles. The highest BCUT2D eigenvalue weighted by molar-refractivity contribution is 6.22. The summed E-state index contributed by atoms with van der Waals surface area (Å²) < 4.78 is 2.52. The van der Waals surface area contributed by atoms with Gasteiger partial charge in [-0.2, -0.15) is 0 Å². The summed E-state index contributed by atoms with van der Waals surface area (Å²) in [5.41, 5.74) is 12.7. The first-order valence-corrected chi connectivity index (χ1v) is 13.0. The molecule has 8 rings (SSSR count). The highest BCUT2D eigenvalue weighted by Crippen LogP contribution is 2.54. The minimum absolute atomic E-state index is 0.0841. The lowest BCUT2D eigenvalue weighted by Crippen LogP contribution is -2.14. The Balaban J connectivity index is 1.58. The van der Waals surface area contributed by atoms with Gasteiger partial charge < -0.3 is 9.55 Å². The van der Waals surface area contributed by atoms with Gasteiger partial charge in [0.05, 0.1) is 11.2 Å². The molecule has 0 amide bonds. The van der Waals surface area contributed by atoms with Crippen LogP contribution in [0.1, 0.15) is 25.0 Å². The Morgan fingerprint density at radius 3 is 2.14 bits per heavy atom. The lowest BCUT2D eigenvalue weighted by atomic mass is 9.81. The maximum atomic E-state index is 3.72. The van der Waals surface area contributed by atoms with Crippen LogP contribution < -0.4 is 0 Å². The largest absolute Gasteiger partial charge is 0.354 e. The molecule has 1 aliphatic carbocycles. The van der Waals surface area contributed by atoms with Gasteiger partial charge in [-0.05, 0) is 52.6 Å². The van der Waals surface area contributed by atoms with Crippen LogP contribution in [0.3, 0.4) is 0 Å². The van der Waals surface area contributed by atoms with Crippen LogP contribution in [0.2, 0.25) is 0 Å². The van der Waals surface area contributed by atoms with Crippen LogP contribution in [-0.4, -0.2) is 9.55 Å². The molecule has 0 radical (unpaired) electrons. The van der Waals surface area contributed by atoms with Gasteiger partial charge in [-0.3, -0.25) is 0 Å². The summed E-state index contributed by atoms with van der Waals surface area (Å²) in [6.45, 7) is 4.75. The van der Waals surface area contributed by atoms with E-state index in [0.717, 1.165) is 0 Å². The molecule has 0 aliphatic heterocycles. The number of aromatic amines is 1. The molecule has 7 aromatic rings. The minimum atomic E-state index is -0.0841. The van der Waals surface area contributed by atoms with Crippen molar-refractivity contribution in [3.63, 3.8) is 0 Å². The van der Waals surface area contributed by atoms with Gasteiger partial charge in [0.25, 0.3) is 0 Å². The second kappa shape index (κ2) is 7.24. The number of rotatable bonds is 2. The summed E-state index contributed by atoms with van der Waals surface area (Å²) in [7, 11) is 0. The first kappa shape index (κ1) is 20.6. The first-order chi connectivity index (χ1) is 18.1. The number of H-pyrrole nitrogens is 1. The lowest BCUT2D eigenvalue weighted by molar-refractivity contribution is 0.666. The SMILES string of the molecule is CC1(C)c2ccccc2-c2c1c1ccc3[nH]c4ccc(-c5ccccc5)cc4c3c1n2-c1ccccc1. The van der Waals surface area contributed by atoms with E-state index in [1.807, 2.05) is 0 Å². The fraction of sp³-hybridized carbons (Fsp3) is 0.0857. The van der Waals surface area contributed by atoms with Crippen molar-refractivity contribution >= 4 is 32.7 Å². The quantitative estimate of drug-likeness (QED) is 0.258. The van der Waals surface area contributed by atoms with Gasteiger partial charge in [0.1, 0.15) is 0 Å². The normalized spacial score (nSPS) is 13.9. The minimum Gasteiger partial charge on any atom is -0.354 e. The average molecular weight is 475 g/mol. The molecule has 1 aliphatic rings. The average Bonchev–Trinajstić information content (AvgIpc) is 3.56. The number of benzene rings is 5. The maximum absolute atomic E-state index is 3.72. The van der Waals surface area contributed by atoms with E-state index in [9.17, 15) is 0 Å². The standard InChI is InChI=1S/C35H26N2/c1-35(2)28-16-10-9-15-25(28)34-32(35)26-18-20-30-31(33(26)37(34)24-13-7-4-8-14-24)27-21-23(17-19-29(27)36-30)22-11-5-3-6-12-22/h3-21,36H,1-2H3. The zero-order valence-electron chi connectivity index (χ0n) is 20.9. The molecule has 0 atom stereocenters. The predicted molar refractivity (Wildman–Crippen MR) is 156 cm³/mol. The molecule has 2 aromatic heterocycles. The molecule has 2 heteroatoms. The van der Waals surface area contributed by atoms with E-state index in [-0.39, 0.29) is 5.41 Å². The molecule has 37 heavy (non-hydrogen) atoms. The number of fused-ring (bicyclic) bond motifs is 9. The van der Waals surface area contributed by atoms with Crippen molar-refractivity contribution in [1.82, 2.24) is 9.55 Å². The van der Waals surface area contributed by atoms with Gasteiger partial charge in [0.15, 0.2) is 0 Å². The Labute approximate surface area is 215 Å². The number of hydrogen-bond acceptors (Lipinski definition) is 0. The number of para-hydroxylation sites is 1. The molecule has 0 fully saturated rings. The lowest BCUT2D eigenvalue weighted by Gasteiger charge is -2.21. The summed E-state index contributed by atoms with van der Waals surface area (Å²) in [6, 6.07) is 41.9. The summed E-state index contributed by atoms with van der Waals surface area (Å²) in [4.78, 5) is 3.72. The Morgan fingerprint density at radius 2 is 1.32 bits per heavy atom. The van der Waals surface area contributed by atoms with E-state index in [1.165, 1.54) is 71.9 Å². The molecule has 176 valence electrons. The third-order valence-electron chi connectivity index (χ3n) is 8.29. The number of nitrogens with zero attached hydrogens (tertiary/aromatic N) is 1. The van der Waals surface area contributed by atoms with Crippen molar-refractivity contribution in [3.05, 3.63) is 126 Å². The smallest absolute Gasteiger partial charge is 0.0638 e. The van der Waals surface area contributed by atoms with Crippen LogP contribution in [-0.2, 0) is 5.41 Å². The van der Waals surface area contributed by atoms with E-state index >= 15 is 0 Å². The number of nitrogens with one attached hydrogen (secondary N) is 1. The third-order valence-corrected chi connectivity index (χ3v) is 8.29. The van der Waals surface area contributed by atoms with Crippen molar-refractivity contribution in [3.8, 4) is 28.1 Å². The topological polar surface area (TPSA) is 20.7 Å². The van der Waals surface area contributed by atoms with E-state index in [0.29, 0.717) is 0 Å². The second-order valence-electron chi connectivity index (χ2n) is 10.7. The molecule has 1 N–H and O–H groups in total. The summed E-state index contributed by atoms with van der Waals surface area (Å²) in [5.74, 6) is 0. The van der Waals surface area contributed by atoms with Crippen molar-refractivity contribution in [2.75, 3.05) is 0 Å². The van der Waals surface area contributed by atoms with Crippen LogP contribution in [0.5, 0.6) is 0 Å². The van der Waals surface area contributed by atoms with Crippen molar-refractivity contribution in [2.45, 2.75) is 19.3 Å². The molecule has 5 aromatic carbocycles. The van der Waals surface area contributed by atoms with Crippen LogP contribution in [0.25, 0.3) is 60.8 Å². The van der Waals surface area contributed by atoms with Gasteiger partial charge in [0.2, 0.25) is 0 Å². The summed E-state index contributed by atoms with van der Waals surface area (Å²) >= 11 is 0. The van der Waals surface area contributed by atoms with Crippen molar-refractivity contribution in [2.24, 2.45) is 0 Å². The predicted octanol–water partition coefficient (Wildman–Crippen LogP) is 9.24. The van der Waals surface area contributed by atoms with Crippen LogP contribution in [0.15, 0.2) is 115 Å². The molecule has 2 heterocycles.